The highest BCUT2D eigenvalue weighted by molar-refractivity contribution is 6.08. The molecule has 0 aliphatic carbocycles. The first-order chi connectivity index (χ1) is 10.5. The van der Waals surface area contributed by atoms with Gasteiger partial charge in [-0.2, -0.15) is 0 Å². The number of anilines is 1. The quantitative estimate of drug-likeness (QED) is 0.425. The van der Waals surface area contributed by atoms with Crippen LogP contribution in [0.3, 0.4) is 0 Å². The highest BCUT2D eigenvalue weighted by atomic mass is 16.1. The van der Waals surface area contributed by atoms with Gasteiger partial charge in [-0.15, -0.1) is 0 Å². The van der Waals surface area contributed by atoms with Crippen molar-refractivity contribution in [1.29, 1.82) is 5.41 Å². The second-order valence-electron chi connectivity index (χ2n) is 4.50. The summed E-state index contributed by atoms with van der Waals surface area (Å²) in [6, 6.07) is 13.4. The lowest BCUT2D eigenvalue weighted by Crippen LogP contribution is -2.22. The van der Waals surface area contributed by atoms with Crippen molar-refractivity contribution < 1.29 is 4.79 Å². The minimum atomic E-state index is -0.337. The number of aliphatic imine (C=N–C) groups is 1. The van der Waals surface area contributed by atoms with Gasteiger partial charge in [-0.1, -0.05) is 12.1 Å². The number of hydrogen-bond donors (Lipinski definition) is 5. The van der Waals surface area contributed by atoms with Crippen LogP contribution >= 0.6 is 0 Å². The van der Waals surface area contributed by atoms with Gasteiger partial charge < -0.3 is 22.5 Å². The first-order valence-corrected chi connectivity index (χ1v) is 6.42. The molecule has 0 spiro atoms. The molecule has 2 rings (SSSR count). The first kappa shape index (κ1) is 15.0. The minimum absolute atomic E-state index is 0.0315. The van der Waals surface area contributed by atoms with Gasteiger partial charge in [-0.3, -0.25) is 10.2 Å². The molecule has 0 saturated carbocycles. The normalized spacial score (nSPS) is 9.82. The Hall–Kier alpha value is -3.35. The van der Waals surface area contributed by atoms with Crippen molar-refractivity contribution in [2.75, 3.05) is 5.32 Å². The van der Waals surface area contributed by atoms with Gasteiger partial charge in [0, 0.05) is 11.3 Å². The highest BCUT2D eigenvalue weighted by Gasteiger charge is 2.11. The summed E-state index contributed by atoms with van der Waals surface area (Å²) in [6.07, 6.45) is 0. The third-order valence-electron chi connectivity index (χ3n) is 2.85. The predicted octanol–water partition coefficient (Wildman–Crippen LogP) is 1.13. The van der Waals surface area contributed by atoms with Crippen LogP contribution in [0.2, 0.25) is 0 Å². The van der Waals surface area contributed by atoms with Gasteiger partial charge in [-0.05, 0) is 36.4 Å². The molecule has 0 radical (unpaired) electrons. The Kier molecular flexibility index (Phi) is 4.38. The van der Waals surface area contributed by atoms with Crippen LogP contribution in [0.1, 0.15) is 15.9 Å². The summed E-state index contributed by atoms with van der Waals surface area (Å²) >= 11 is 0. The van der Waals surface area contributed by atoms with E-state index in [2.05, 4.69) is 10.3 Å². The number of amidine groups is 1. The zero-order valence-corrected chi connectivity index (χ0v) is 11.7. The Morgan fingerprint density at radius 3 is 2.23 bits per heavy atom. The van der Waals surface area contributed by atoms with Crippen molar-refractivity contribution in [2.24, 2.45) is 22.2 Å². The molecule has 7 nitrogen and oxygen atoms in total. The van der Waals surface area contributed by atoms with E-state index < -0.39 is 0 Å². The standard InChI is InChI=1S/C15H16N6O/c16-13(17)9-5-7-10(8-6-9)20-14(22)11-3-1-2-4-12(11)21-15(18)19/h1-8H,(H3,16,17)(H,20,22)(H4,18,19,21). The van der Waals surface area contributed by atoms with Crippen molar-refractivity contribution in [3.05, 3.63) is 59.7 Å². The molecular formula is C15H16N6O. The van der Waals surface area contributed by atoms with Crippen LogP contribution in [0.5, 0.6) is 0 Å². The molecule has 0 atom stereocenters. The molecule has 0 aliphatic rings. The Morgan fingerprint density at radius 2 is 1.64 bits per heavy atom. The highest BCUT2D eigenvalue weighted by Crippen LogP contribution is 2.20. The number of hydrogen-bond acceptors (Lipinski definition) is 3. The fourth-order valence-electron chi connectivity index (χ4n) is 1.83. The average molecular weight is 296 g/mol. The van der Waals surface area contributed by atoms with Crippen molar-refractivity contribution in [3.8, 4) is 0 Å². The van der Waals surface area contributed by atoms with Crippen molar-refractivity contribution in [3.63, 3.8) is 0 Å². The summed E-state index contributed by atoms with van der Waals surface area (Å²) in [5.41, 5.74) is 18.0. The zero-order chi connectivity index (χ0) is 16.1. The number of benzene rings is 2. The molecule has 0 aromatic heterocycles. The van der Waals surface area contributed by atoms with Crippen LogP contribution in [0.15, 0.2) is 53.5 Å². The van der Waals surface area contributed by atoms with Gasteiger partial charge in [0.15, 0.2) is 5.96 Å². The Balaban J connectivity index is 2.22. The number of carbonyl (C=O) groups excluding carboxylic acids is 1. The number of nitrogens with two attached hydrogens (primary N) is 3. The molecule has 0 aliphatic heterocycles. The van der Waals surface area contributed by atoms with Crippen molar-refractivity contribution in [1.82, 2.24) is 0 Å². The summed E-state index contributed by atoms with van der Waals surface area (Å²) in [7, 11) is 0. The van der Waals surface area contributed by atoms with E-state index in [4.69, 9.17) is 22.6 Å². The second kappa shape index (κ2) is 6.40. The number of para-hydroxylation sites is 1. The van der Waals surface area contributed by atoms with E-state index in [1.165, 1.54) is 0 Å². The molecule has 7 heteroatoms. The molecule has 22 heavy (non-hydrogen) atoms. The zero-order valence-electron chi connectivity index (χ0n) is 11.7. The van der Waals surface area contributed by atoms with Gasteiger partial charge in [0.2, 0.25) is 0 Å². The fraction of sp³-hybridized carbons (Fsp3) is 0. The second-order valence-corrected chi connectivity index (χ2v) is 4.50. The Bertz CT molecular complexity index is 732. The van der Waals surface area contributed by atoms with Crippen LogP contribution < -0.4 is 22.5 Å². The average Bonchev–Trinajstić information content (AvgIpc) is 2.47. The SMILES string of the molecule is N=C(N)c1ccc(NC(=O)c2ccccc2N=C(N)N)cc1. The molecule has 2 aromatic rings. The maximum absolute atomic E-state index is 12.3. The number of nitrogen functional groups attached to an aromatic ring is 1. The van der Waals surface area contributed by atoms with Crippen LogP contribution in [0.4, 0.5) is 11.4 Å². The van der Waals surface area contributed by atoms with E-state index in [9.17, 15) is 4.79 Å². The largest absolute Gasteiger partial charge is 0.384 e. The Morgan fingerprint density at radius 1 is 1.00 bits per heavy atom. The number of nitrogens with one attached hydrogen (secondary N) is 2. The van der Waals surface area contributed by atoms with Gasteiger partial charge in [0.1, 0.15) is 5.84 Å². The van der Waals surface area contributed by atoms with Crippen LogP contribution in [0.25, 0.3) is 0 Å². The van der Waals surface area contributed by atoms with E-state index in [0.29, 0.717) is 22.5 Å². The number of carbonyl (C=O) groups is 1. The van der Waals surface area contributed by atoms with Gasteiger partial charge >= 0.3 is 0 Å². The maximum atomic E-state index is 12.3. The topological polar surface area (TPSA) is 143 Å². The molecular weight excluding hydrogens is 280 g/mol. The third-order valence-corrected chi connectivity index (χ3v) is 2.85. The number of guanidine groups is 1. The third kappa shape index (κ3) is 3.60. The molecule has 2 aromatic carbocycles. The fourth-order valence-corrected chi connectivity index (χ4v) is 1.83. The number of amides is 1. The van der Waals surface area contributed by atoms with Gasteiger partial charge in [-0.25, -0.2) is 4.99 Å². The summed E-state index contributed by atoms with van der Waals surface area (Å²) in [5, 5.41) is 10.1. The number of nitrogens with zero attached hydrogens (tertiary/aromatic N) is 1. The van der Waals surface area contributed by atoms with E-state index in [1.807, 2.05) is 0 Å². The summed E-state index contributed by atoms with van der Waals surface area (Å²) in [6.45, 7) is 0. The predicted molar refractivity (Wildman–Crippen MR) is 87.3 cm³/mol. The Labute approximate surface area is 127 Å². The van der Waals surface area contributed by atoms with E-state index in [1.54, 1.807) is 48.5 Å². The van der Waals surface area contributed by atoms with Crippen LogP contribution in [-0.2, 0) is 0 Å². The molecule has 0 saturated heterocycles. The summed E-state index contributed by atoms with van der Waals surface area (Å²) in [4.78, 5) is 16.2. The molecule has 0 fully saturated rings. The van der Waals surface area contributed by atoms with Crippen LogP contribution in [-0.4, -0.2) is 17.7 Å². The smallest absolute Gasteiger partial charge is 0.257 e. The van der Waals surface area contributed by atoms with Crippen molar-refractivity contribution >= 4 is 29.1 Å². The molecule has 0 unspecified atom stereocenters. The molecule has 0 bridgehead atoms. The van der Waals surface area contributed by atoms with Gasteiger partial charge in [0.05, 0.1) is 11.3 Å². The summed E-state index contributed by atoms with van der Waals surface area (Å²) in [5.74, 6) is -0.488. The lowest BCUT2D eigenvalue weighted by atomic mass is 10.1. The number of rotatable bonds is 4. The lowest BCUT2D eigenvalue weighted by Gasteiger charge is -2.08. The summed E-state index contributed by atoms with van der Waals surface area (Å²) < 4.78 is 0. The van der Waals surface area contributed by atoms with E-state index in [0.717, 1.165) is 0 Å². The minimum Gasteiger partial charge on any atom is -0.384 e. The molecule has 0 heterocycles. The van der Waals surface area contributed by atoms with E-state index in [-0.39, 0.29) is 17.7 Å². The first-order valence-electron chi connectivity index (χ1n) is 6.42. The van der Waals surface area contributed by atoms with E-state index >= 15 is 0 Å². The van der Waals surface area contributed by atoms with Gasteiger partial charge in [0.25, 0.3) is 5.91 Å². The molecule has 8 N–H and O–H groups in total. The lowest BCUT2D eigenvalue weighted by molar-refractivity contribution is 0.102. The molecule has 112 valence electrons. The van der Waals surface area contributed by atoms with Crippen molar-refractivity contribution in [2.45, 2.75) is 0 Å². The maximum Gasteiger partial charge on any atom is 0.257 e. The van der Waals surface area contributed by atoms with Crippen LogP contribution in [0, 0.1) is 5.41 Å². The monoisotopic (exact) mass is 296 g/mol. The molecule has 1 amide bonds.